The summed E-state index contributed by atoms with van der Waals surface area (Å²) in [5, 5.41) is 10.9. The summed E-state index contributed by atoms with van der Waals surface area (Å²) in [6, 6.07) is 6.14. The summed E-state index contributed by atoms with van der Waals surface area (Å²) < 4.78 is 5.84. The fourth-order valence-electron chi connectivity index (χ4n) is 3.22. The van der Waals surface area contributed by atoms with Crippen molar-refractivity contribution < 1.29 is 9.84 Å². The molecular weight excluding hydrogens is 250 g/mol. The molecule has 1 aliphatic rings. The largest absolute Gasteiger partial charge is 0.493 e. The average molecular weight is 277 g/mol. The molecule has 1 N–H and O–H groups in total. The summed E-state index contributed by atoms with van der Waals surface area (Å²) in [5.74, 6) is 0.909. The van der Waals surface area contributed by atoms with Crippen LogP contribution >= 0.6 is 0 Å². The Balaban J connectivity index is 2.35. The molecule has 0 aromatic heterocycles. The van der Waals surface area contributed by atoms with E-state index in [2.05, 4.69) is 38.7 Å². The molecule has 3 heteroatoms. The normalized spacial score (nSPS) is 16.7. The van der Waals surface area contributed by atoms with Crippen LogP contribution in [0.5, 0.6) is 5.75 Å². The fourth-order valence-corrected chi connectivity index (χ4v) is 3.22. The Morgan fingerprint density at radius 2 is 2.00 bits per heavy atom. The summed E-state index contributed by atoms with van der Waals surface area (Å²) in [6.07, 6.45) is 1.56. The molecule has 1 atom stereocenters. The number of hydrogen-bond acceptors (Lipinski definition) is 3. The van der Waals surface area contributed by atoms with Gasteiger partial charge >= 0.3 is 0 Å². The van der Waals surface area contributed by atoms with E-state index in [1.54, 1.807) is 0 Å². The van der Waals surface area contributed by atoms with Crippen molar-refractivity contribution in [1.82, 2.24) is 4.90 Å². The van der Waals surface area contributed by atoms with Crippen LogP contribution in [0, 0.1) is 0 Å². The van der Waals surface area contributed by atoms with E-state index in [0.717, 1.165) is 43.9 Å². The van der Waals surface area contributed by atoms with E-state index in [-0.39, 0.29) is 5.54 Å². The molecule has 0 aliphatic carbocycles. The van der Waals surface area contributed by atoms with E-state index >= 15 is 0 Å². The maximum atomic E-state index is 10.9. The number of para-hydroxylation sites is 1. The van der Waals surface area contributed by atoms with Gasteiger partial charge in [-0.2, -0.15) is 0 Å². The molecule has 0 bridgehead atoms. The molecule has 1 aliphatic heterocycles. The minimum atomic E-state index is -0.546. The van der Waals surface area contributed by atoms with E-state index in [0.29, 0.717) is 0 Å². The SMILES string of the molecule is CCN(CC)C(C)(C)C(O)c1cccc2c1OCCC2. The van der Waals surface area contributed by atoms with Crippen molar-refractivity contribution in [1.29, 1.82) is 0 Å². The lowest BCUT2D eigenvalue weighted by molar-refractivity contribution is -0.00794. The Morgan fingerprint density at radius 3 is 2.65 bits per heavy atom. The maximum Gasteiger partial charge on any atom is 0.128 e. The van der Waals surface area contributed by atoms with Crippen LogP contribution < -0.4 is 4.74 Å². The molecule has 2 rings (SSSR count). The molecule has 1 heterocycles. The van der Waals surface area contributed by atoms with Crippen molar-refractivity contribution >= 4 is 0 Å². The number of aliphatic hydroxyl groups excluding tert-OH is 1. The van der Waals surface area contributed by atoms with Crippen LogP contribution in [0.4, 0.5) is 0 Å². The maximum absolute atomic E-state index is 10.9. The molecule has 0 amide bonds. The van der Waals surface area contributed by atoms with Gasteiger partial charge in [-0.1, -0.05) is 32.0 Å². The van der Waals surface area contributed by atoms with Crippen LogP contribution in [0.1, 0.15) is 51.3 Å². The number of rotatable bonds is 5. The van der Waals surface area contributed by atoms with Crippen LogP contribution in [0.25, 0.3) is 0 Å². The summed E-state index contributed by atoms with van der Waals surface area (Å²) >= 11 is 0. The second kappa shape index (κ2) is 6.15. The van der Waals surface area contributed by atoms with Crippen LogP contribution in [0.15, 0.2) is 18.2 Å². The van der Waals surface area contributed by atoms with E-state index in [1.807, 2.05) is 12.1 Å². The third kappa shape index (κ3) is 2.70. The van der Waals surface area contributed by atoms with Crippen LogP contribution in [-0.4, -0.2) is 35.2 Å². The second-order valence-electron chi connectivity index (χ2n) is 6.02. The molecule has 1 aromatic rings. The molecule has 1 aromatic carbocycles. The van der Waals surface area contributed by atoms with Crippen LogP contribution in [-0.2, 0) is 6.42 Å². The number of aryl methyl sites for hydroxylation is 1. The Morgan fingerprint density at radius 1 is 1.30 bits per heavy atom. The van der Waals surface area contributed by atoms with Gasteiger partial charge in [0.25, 0.3) is 0 Å². The van der Waals surface area contributed by atoms with Crippen molar-refractivity contribution in [3.05, 3.63) is 29.3 Å². The van der Waals surface area contributed by atoms with Crippen molar-refractivity contribution in [2.24, 2.45) is 0 Å². The van der Waals surface area contributed by atoms with Crippen molar-refractivity contribution in [2.75, 3.05) is 19.7 Å². The number of fused-ring (bicyclic) bond motifs is 1. The standard InChI is InChI=1S/C17H27NO2/c1-5-18(6-2)17(3,4)16(19)14-11-7-9-13-10-8-12-20-15(13)14/h7,9,11,16,19H,5-6,8,10,12H2,1-4H3. The lowest BCUT2D eigenvalue weighted by atomic mass is 9.87. The molecule has 0 spiro atoms. The number of hydrogen-bond donors (Lipinski definition) is 1. The van der Waals surface area contributed by atoms with Gasteiger partial charge in [0, 0.05) is 11.1 Å². The highest BCUT2D eigenvalue weighted by atomic mass is 16.5. The summed E-state index contributed by atoms with van der Waals surface area (Å²) in [7, 11) is 0. The molecule has 0 fully saturated rings. The van der Waals surface area contributed by atoms with Crippen molar-refractivity contribution in [3.8, 4) is 5.75 Å². The highest BCUT2D eigenvalue weighted by Gasteiger charge is 2.36. The molecule has 0 saturated heterocycles. The third-order valence-electron chi connectivity index (χ3n) is 4.51. The number of nitrogens with zero attached hydrogens (tertiary/aromatic N) is 1. The van der Waals surface area contributed by atoms with Gasteiger partial charge in [0.2, 0.25) is 0 Å². The summed E-state index contributed by atoms with van der Waals surface area (Å²) in [6.45, 7) is 11.1. The second-order valence-corrected chi connectivity index (χ2v) is 6.02. The first kappa shape index (κ1) is 15.3. The molecular formula is C17H27NO2. The number of likely N-dealkylation sites (N-methyl/N-ethyl adjacent to an activating group) is 1. The Bertz CT molecular complexity index is 452. The van der Waals surface area contributed by atoms with Gasteiger partial charge in [0.1, 0.15) is 11.9 Å². The first-order valence-electron chi connectivity index (χ1n) is 7.70. The van der Waals surface area contributed by atoms with Crippen molar-refractivity contribution in [3.63, 3.8) is 0 Å². The number of benzene rings is 1. The molecule has 20 heavy (non-hydrogen) atoms. The van der Waals surface area contributed by atoms with Crippen molar-refractivity contribution in [2.45, 2.75) is 52.2 Å². The summed E-state index contributed by atoms with van der Waals surface area (Å²) in [4.78, 5) is 2.29. The predicted molar refractivity (Wildman–Crippen MR) is 82.2 cm³/mol. The van der Waals surface area contributed by atoms with E-state index < -0.39 is 6.10 Å². The van der Waals surface area contributed by atoms with Gasteiger partial charge in [-0.3, -0.25) is 4.90 Å². The van der Waals surface area contributed by atoms with E-state index in [9.17, 15) is 5.11 Å². The average Bonchev–Trinajstić information content (AvgIpc) is 2.47. The van der Waals surface area contributed by atoms with E-state index in [1.165, 1.54) is 5.56 Å². The lowest BCUT2D eigenvalue weighted by Crippen LogP contribution is -2.48. The molecule has 3 nitrogen and oxygen atoms in total. The zero-order chi connectivity index (χ0) is 14.8. The third-order valence-corrected chi connectivity index (χ3v) is 4.51. The number of ether oxygens (including phenoxy) is 1. The Kier molecular flexibility index (Phi) is 4.71. The minimum absolute atomic E-state index is 0.306. The fraction of sp³-hybridized carbons (Fsp3) is 0.647. The smallest absolute Gasteiger partial charge is 0.128 e. The minimum Gasteiger partial charge on any atom is -0.493 e. The lowest BCUT2D eigenvalue weighted by Gasteiger charge is -2.41. The highest BCUT2D eigenvalue weighted by Crippen LogP contribution is 2.39. The first-order valence-corrected chi connectivity index (χ1v) is 7.70. The van der Waals surface area contributed by atoms with Gasteiger partial charge in [-0.25, -0.2) is 0 Å². The Hall–Kier alpha value is -1.06. The quantitative estimate of drug-likeness (QED) is 0.897. The topological polar surface area (TPSA) is 32.7 Å². The highest BCUT2D eigenvalue weighted by molar-refractivity contribution is 5.45. The van der Waals surface area contributed by atoms with Gasteiger partial charge in [-0.15, -0.1) is 0 Å². The zero-order valence-electron chi connectivity index (χ0n) is 13.1. The van der Waals surface area contributed by atoms with Gasteiger partial charge in [0.05, 0.1) is 6.61 Å². The molecule has 0 radical (unpaired) electrons. The summed E-state index contributed by atoms with van der Waals surface area (Å²) in [5.41, 5.74) is 1.85. The van der Waals surface area contributed by atoms with Crippen LogP contribution in [0.3, 0.4) is 0 Å². The van der Waals surface area contributed by atoms with Gasteiger partial charge < -0.3 is 9.84 Å². The monoisotopic (exact) mass is 277 g/mol. The molecule has 112 valence electrons. The first-order chi connectivity index (χ1) is 9.52. The molecule has 1 unspecified atom stereocenters. The van der Waals surface area contributed by atoms with Gasteiger partial charge in [0.15, 0.2) is 0 Å². The number of aliphatic hydroxyl groups is 1. The van der Waals surface area contributed by atoms with Crippen LogP contribution in [0.2, 0.25) is 0 Å². The Labute approximate surface area is 122 Å². The molecule has 0 saturated carbocycles. The zero-order valence-corrected chi connectivity index (χ0v) is 13.1. The van der Waals surface area contributed by atoms with E-state index in [4.69, 9.17) is 4.74 Å². The van der Waals surface area contributed by atoms with Gasteiger partial charge in [-0.05, 0) is 45.3 Å². The predicted octanol–water partition coefficient (Wildman–Crippen LogP) is 3.17.